The molecule has 0 aliphatic rings. The lowest BCUT2D eigenvalue weighted by Crippen LogP contribution is -2.12. The second-order valence-corrected chi connectivity index (χ2v) is 3.57. The number of nitrogens with two attached hydrogens (primary N) is 1. The molecule has 0 unspecified atom stereocenters. The van der Waals surface area contributed by atoms with Gasteiger partial charge in [-0.25, -0.2) is 4.98 Å². The molecule has 96 valence electrons. The van der Waals surface area contributed by atoms with Crippen LogP contribution in [-0.2, 0) is 16.0 Å². The summed E-state index contributed by atoms with van der Waals surface area (Å²) in [5.74, 6) is 0.600. The number of methoxy groups -OCH3 is 1. The molecule has 0 saturated carbocycles. The van der Waals surface area contributed by atoms with E-state index in [-0.39, 0.29) is 0 Å². The first-order chi connectivity index (χ1) is 8.27. The third-order valence-corrected chi connectivity index (χ3v) is 2.20. The largest absolute Gasteiger partial charge is 0.475 e. The molecule has 5 heteroatoms. The van der Waals surface area contributed by atoms with Crippen LogP contribution >= 0.6 is 0 Å². The summed E-state index contributed by atoms with van der Waals surface area (Å²) in [6.07, 6.45) is 0. The van der Waals surface area contributed by atoms with Gasteiger partial charge in [0.1, 0.15) is 6.61 Å². The number of aromatic nitrogens is 1. The predicted molar refractivity (Wildman–Crippen MR) is 65.1 cm³/mol. The summed E-state index contributed by atoms with van der Waals surface area (Å²) in [5, 5.41) is 0. The molecular formula is C12H20N2O3. The van der Waals surface area contributed by atoms with E-state index >= 15 is 0 Å². The zero-order valence-corrected chi connectivity index (χ0v) is 10.4. The molecule has 0 aliphatic heterocycles. The Hall–Kier alpha value is -1.17. The molecule has 0 atom stereocenters. The minimum atomic E-state index is 0.424. The van der Waals surface area contributed by atoms with E-state index in [4.69, 9.17) is 19.9 Å². The Morgan fingerprint density at radius 2 is 1.94 bits per heavy atom. The van der Waals surface area contributed by atoms with Crippen LogP contribution in [0.3, 0.4) is 0 Å². The Kier molecular flexibility index (Phi) is 6.54. The third kappa shape index (κ3) is 5.12. The second kappa shape index (κ2) is 8.00. The molecule has 1 aromatic rings. The Morgan fingerprint density at radius 3 is 2.65 bits per heavy atom. The Bertz CT molecular complexity index is 332. The average molecular weight is 240 g/mol. The van der Waals surface area contributed by atoms with Crippen LogP contribution < -0.4 is 10.5 Å². The molecule has 1 aromatic heterocycles. The summed E-state index contributed by atoms with van der Waals surface area (Å²) in [6, 6.07) is 3.85. The molecule has 0 amide bonds. The molecule has 0 radical (unpaired) electrons. The highest BCUT2D eigenvalue weighted by atomic mass is 16.5. The van der Waals surface area contributed by atoms with Gasteiger partial charge in [-0.2, -0.15) is 0 Å². The number of pyridine rings is 1. The Balaban J connectivity index is 2.32. The van der Waals surface area contributed by atoms with Gasteiger partial charge in [0.05, 0.1) is 19.8 Å². The molecular weight excluding hydrogens is 220 g/mol. The summed E-state index contributed by atoms with van der Waals surface area (Å²) in [5.41, 5.74) is 7.43. The van der Waals surface area contributed by atoms with Crippen molar-refractivity contribution in [3.63, 3.8) is 0 Å². The lowest BCUT2D eigenvalue weighted by atomic mass is 10.2. The van der Waals surface area contributed by atoms with Gasteiger partial charge in [-0.1, -0.05) is 6.07 Å². The van der Waals surface area contributed by atoms with Crippen molar-refractivity contribution in [3.05, 3.63) is 23.4 Å². The summed E-state index contributed by atoms with van der Waals surface area (Å²) < 4.78 is 15.7. The fraction of sp³-hybridized carbons (Fsp3) is 0.583. The number of nitrogens with zero attached hydrogens (tertiary/aromatic N) is 1. The number of ether oxygens (including phenoxy) is 3. The zero-order chi connectivity index (χ0) is 12.5. The van der Waals surface area contributed by atoms with Gasteiger partial charge in [0.2, 0.25) is 5.88 Å². The molecule has 17 heavy (non-hydrogen) atoms. The molecule has 0 bridgehead atoms. The van der Waals surface area contributed by atoms with Crippen molar-refractivity contribution in [1.29, 1.82) is 0 Å². The fourth-order valence-corrected chi connectivity index (χ4v) is 1.28. The van der Waals surface area contributed by atoms with Gasteiger partial charge in [0, 0.05) is 24.9 Å². The van der Waals surface area contributed by atoms with Crippen LogP contribution in [0.25, 0.3) is 0 Å². The van der Waals surface area contributed by atoms with Gasteiger partial charge in [-0.15, -0.1) is 0 Å². The first-order valence-electron chi connectivity index (χ1n) is 5.64. The molecule has 1 rings (SSSR count). The lowest BCUT2D eigenvalue weighted by molar-refractivity contribution is 0.0535. The van der Waals surface area contributed by atoms with E-state index in [0.717, 1.165) is 11.3 Å². The molecule has 0 spiro atoms. The SMILES string of the molecule is COCCOCCOc1nc(C)ccc1CN. The number of aryl methyl sites for hydroxylation is 1. The van der Waals surface area contributed by atoms with Crippen LogP contribution in [0.5, 0.6) is 5.88 Å². The number of hydrogen-bond acceptors (Lipinski definition) is 5. The smallest absolute Gasteiger partial charge is 0.218 e. The normalized spacial score (nSPS) is 10.5. The molecule has 0 fully saturated rings. The third-order valence-electron chi connectivity index (χ3n) is 2.20. The van der Waals surface area contributed by atoms with E-state index in [1.54, 1.807) is 7.11 Å². The highest BCUT2D eigenvalue weighted by Crippen LogP contribution is 2.15. The Labute approximate surface area is 102 Å². The number of hydrogen-bond donors (Lipinski definition) is 1. The van der Waals surface area contributed by atoms with E-state index < -0.39 is 0 Å². The lowest BCUT2D eigenvalue weighted by Gasteiger charge is -2.10. The van der Waals surface area contributed by atoms with Crippen LogP contribution in [0.1, 0.15) is 11.3 Å². The van der Waals surface area contributed by atoms with Crippen LogP contribution in [0.15, 0.2) is 12.1 Å². The van der Waals surface area contributed by atoms with Crippen molar-refractivity contribution >= 4 is 0 Å². The standard InChI is InChI=1S/C12H20N2O3/c1-10-3-4-11(9-13)12(14-10)17-8-7-16-6-5-15-2/h3-4H,5-9,13H2,1-2H3. The summed E-state index contributed by atoms with van der Waals surface area (Å²) in [7, 11) is 1.64. The second-order valence-electron chi connectivity index (χ2n) is 3.57. The highest BCUT2D eigenvalue weighted by molar-refractivity contribution is 5.27. The van der Waals surface area contributed by atoms with E-state index in [9.17, 15) is 0 Å². The van der Waals surface area contributed by atoms with Crippen molar-refractivity contribution in [2.45, 2.75) is 13.5 Å². The van der Waals surface area contributed by atoms with Gasteiger partial charge < -0.3 is 19.9 Å². The minimum Gasteiger partial charge on any atom is -0.475 e. The van der Waals surface area contributed by atoms with Crippen LogP contribution in [0, 0.1) is 6.92 Å². The Morgan fingerprint density at radius 1 is 1.18 bits per heavy atom. The molecule has 0 aromatic carbocycles. The van der Waals surface area contributed by atoms with Crippen LogP contribution in [0.2, 0.25) is 0 Å². The van der Waals surface area contributed by atoms with Crippen molar-refractivity contribution in [2.24, 2.45) is 5.73 Å². The minimum absolute atomic E-state index is 0.424. The predicted octanol–water partition coefficient (Wildman–Crippen LogP) is 0.891. The van der Waals surface area contributed by atoms with Crippen LogP contribution in [0.4, 0.5) is 0 Å². The summed E-state index contributed by atoms with van der Waals surface area (Å²) >= 11 is 0. The maximum atomic E-state index is 5.60. The molecule has 0 aliphatic carbocycles. The fourth-order valence-electron chi connectivity index (χ4n) is 1.28. The maximum Gasteiger partial charge on any atom is 0.218 e. The summed E-state index contributed by atoms with van der Waals surface area (Å²) in [4.78, 5) is 4.30. The van der Waals surface area contributed by atoms with Crippen molar-refractivity contribution < 1.29 is 14.2 Å². The van der Waals surface area contributed by atoms with Crippen molar-refractivity contribution in [1.82, 2.24) is 4.98 Å². The average Bonchev–Trinajstić information content (AvgIpc) is 2.34. The van der Waals surface area contributed by atoms with E-state index in [0.29, 0.717) is 38.9 Å². The van der Waals surface area contributed by atoms with E-state index in [2.05, 4.69) is 4.98 Å². The summed E-state index contributed by atoms with van der Waals surface area (Å²) in [6.45, 7) is 4.49. The molecule has 1 heterocycles. The highest BCUT2D eigenvalue weighted by Gasteiger charge is 2.04. The molecule has 5 nitrogen and oxygen atoms in total. The van der Waals surface area contributed by atoms with Gasteiger partial charge >= 0.3 is 0 Å². The first kappa shape index (κ1) is 13.9. The monoisotopic (exact) mass is 240 g/mol. The topological polar surface area (TPSA) is 66.6 Å². The number of rotatable bonds is 8. The molecule has 0 saturated heterocycles. The van der Waals surface area contributed by atoms with Gasteiger partial charge in [0.15, 0.2) is 0 Å². The van der Waals surface area contributed by atoms with Gasteiger partial charge in [-0.3, -0.25) is 0 Å². The zero-order valence-electron chi connectivity index (χ0n) is 10.4. The maximum absolute atomic E-state index is 5.60. The van der Waals surface area contributed by atoms with Crippen molar-refractivity contribution in [3.8, 4) is 5.88 Å². The van der Waals surface area contributed by atoms with Gasteiger partial charge in [-0.05, 0) is 13.0 Å². The first-order valence-corrected chi connectivity index (χ1v) is 5.64. The van der Waals surface area contributed by atoms with Gasteiger partial charge in [0.25, 0.3) is 0 Å². The van der Waals surface area contributed by atoms with Crippen molar-refractivity contribution in [2.75, 3.05) is 33.5 Å². The van der Waals surface area contributed by atoms with E-state index in [1.165, 1.54) is 0 Å². The quantitative estimate of drug-likeness (QED) is 0.684. The molecule has 2 N–H and O–H groups in total. The van der Waals surface area contributed by atoms with Crippen LogP contribution in [-0.4, -0.2) is 38.5 Å². The van der Waals surface area contributed by atoms with E-state index in [1.807, 2.05) is 19.1 Å².